The number of aryl methyl sites for hydroxylation is 1. The van der Waals surface area contributed by atoms with Crippen molar-refractivity contribution in [1.29, 1.82) is 0 Å². The quantitative estimate of drug-likeness (QED) is 0.828. The van der Waals surface area contributed by atoms with Crippen LogP contribution in [0.25, 0.3) is 0 Å². The van der Waals surface area contributed by atoms with E-state index < -0.39 is 0 Å². The Morgan fingerprint density at radius 1 is 1.50 bits per heavy atom. The predicted octanol–water partition coefficient (Wildman–Crippen LogP) is 2.97. The van der Waals surface area contributed by atoms with Gasteiger partial charge in [0.15, 0.2) is 0 Å². The van der Waals surface area contributed by atoms with E-state index in [4.69, 9.17) is 4.74 Å². The fourth-order valence-corrected chi connectivity index (χ4v) is 1.93. The first-order valence-electron chi connectivity index (χ1n) is 5.73. The van der Waals surface area contributed by atoms with E-state index in [1.54, 1.807) is 26.2 Å². The topological polar surface area (TPSA) is 21.3 Å². The van der Waals surface area contributed by atoms with Gasteiger partial charge in [-0.2, -0.15) is 0 Å². The van der Waals surface area contributed by atoms with Crippen LogP contribution in [0.3, 0.4) is 0 Å². The third kappa shape index (κ3) is 2.53. The van der Waals surface area contributed by atoms with Crippen LogP contribution in [0.4, 0.5) is 10.1 Å². The molecule has 0 heterocycles. The summed E-state index contributed by atoms with van der Waals surface area (Å²) in [5.74, 6) is 0.490. The van der Waals surface area contributed by atoms with Gasteiger partial charge in [0.2, 0.25) is 0 Å². The van der Waals surface area contributed by atoms with Gasteiger partial charge >= 0.3 is 0 Å². The third-order valence-electron chi connectivity index (χ3n) is 3.07. The van der Waals surface area contributed by atoms with E-state index in [1.807, 2.05) is 6.07 Å². The first-order valence-corrected chi connectivity index (χ1v) is 5.73. The summed E-state index contributed by atoms with van der Waals surface area (Å²) in [5.41, 5.74) is 1.27. The molecule has 2 nitrogen and oxygen atoms in total. The van der Waals surface area contributed by atoms with Crippen molar-refractivity contribution in [3.63, 3.8) is 0 Å². The van der Waals surface area contributed by atoms with Gasteiger partial charge < -0.3 is 10.1 Å². The molecule has 1 fully saturated rings. The van der Waals surface area contributed by atoms with Gasteiger partial charge in [0.05, 0.1) is 18.3 Å². The molecular formula is C13H18FNO. The van der Waals surface area contributed by atoms with Gasteiger partial charge in [0, 0.05) is 7.11 Å². The summed E-state index contributed by atoms with van der Waals surface area (Å²) >= 11 is 0. The second-order valence-electron chi connectivity index (χ2n) is 4.48. The van der Waals surface area contributed by atoms with Gasteiger partial charge in [-0.3, -0.25) is 0 Å². The molecule has 0 bridgehead atoms. The molecule has 1 N–H and O–H groups in total. The first kappa shape index (κ1) is 11.4. The molecule has 16 heavy (non-hydrogen) atoms. The zero-order valence-electron chi connectivity index (χ0n) is 9.79. The molecule has 0 spiro atoms. The van der Waals surface area contributed by atoms with Crippen LogP contribution in [0.15, 0.2) is 18.2 Å². The maximum atomic E-state index is 13.8. The summed E-state index contributed by atoms with van der Waals surface area (Å²) in [6.07, 6.45) is 2.43. The molecule has 0 saturated heterocycles. The molecule has 88 valence electrons. The number of rotatable bonds is 5. The summed E-state index contributed by atoms with van der Waals surface area (Å²) < 4.78 is 18.9. The fourth-order valence-electron chi connectivity index (χ4n) is 1.93. The van der Waals surface area contributed by atoms with Crippen molar-refractivity contribution in [2.24, 2.45) is 5.92 Å². The highest BCUT2D eigenvalue weighted by Gasteiger charge is 2.31. The molecule has 0 amide bonds. The largest absolute Gasteiger partial charge is 0.383 e. The summed E-state index contributed by atoms with van der Waals surface area (Å²) in [6.45, 7) is 2.42. The fraction of sp³-hybridized carbons (Fsp3) is 0.538. The summed E-state index contributed by atoms with van der Waals surface area (Å²) in [7, 11) is 1.68. The van der Waals surface area contributed by atoms with E-state index >= 15 is 0 Å². The average molecular weight is 223 g/mol. The van der Waals surface area contributed by atoms with Crippen LogP contribution in [-0.4, -0.2) is 19.8 Å². The Labute approximate surface area is 95.8 Å². The third-order valence-corrected chi connectivity index (χ3v) is 3.07. The normalized spacial score (nSPS) is 17.2. The molecule has 0 radical (unpaired) electrons. The van der Waals surface area contributed by atoms with E-state index in [1.165, 1.54) is 12.8 Å². The minimum absolute atomic E-state index is 0.149. The van der Waals surface area contributed by atoms with Crippen molar-refractivity contribution < 1.29 is 9.13 Å². The SMILES string of the molecule is COCC(Nc1cccc(C)c1F)C1CC1. The average Bonchev–Trinajstić information content (AvgIpc) is 3.07. The second-order valence-corrected chi connectivity index (χ2v) is 4.48. The molecule has 2 rings (SSSR count). The molecule has 0 aliphatic heterocycles. The Hall–Kier alpha value is -1.09. The highest BCUT2D eigenvalue weighted by Crippen LogP contribution is 2.34. The highest BCUT2D eigenvalue weighted by atomic mass is 19.1. The summed E-state index contributed by atoms with van der Waals surface area (Å²) in [6, 6.07) is 5.68. The van der Waals surface area contributed by atoms with Gasteiger partial charge in [0.1, 0.15) is 5.82 Å². The molecule has 1 aromatic carbocycles. The van der Waals surface area contributed by atoms with Gasteiger partial charge in [-0.25, -0.2) is 4.39 Å². The van der Waals surface area contributed by atoms with Crippen LogP contribution in [0.1, 0.15) is 18.4 Å². The van der Waals surface area contributed by atoms with Gasteiger partial charge in [0.25, 0.3) is 0 Å². The molecule has 1 aliphatic carbocycles. The maximum absolute atomic E-state index is 13.8. The molecule has 1 aromatic rings. The van der Waals surface area contributed by atoms with E-state index in [0.29, 0.717) is 23.8 Å². The van der Waals surface area contributed by atoms with Gasteiger partial charge in [-0.1, -0.05) is 12.1 Å². The Bertz CT molecular complexity index is 363. The number of nitrogens with one attached hydrogen (secondary N) is 1. The first-order chi connectivity index (χ1) is 7.72. The van der Waals surface area contributed by atoms with Crippen LogP contribution in [0.5, 0.6) is 0 Å². The van der Waals surface area contributed by atoms with Crippen LogP contribution in [-0.2, 0) is 4.74 Å². The molecular weight excluding hydrogens is 205 g/mol. The van der Waals surface area contributed by atoms with E-state index in [9.17, 15) is 4.39 Å². The monoisotopic (exact) mass is 223 g/mol. The number of hydrogen-bond donors (Lipinski definition) is 1. The van der Waals surface area contributed by atoms with Crippen molar-refractivity contribution in [3.05, 3.63) is 29.6 Å². The van der Waals surface area contributed by atoms with Gasteiger partial charge in [-0.05, 0) is 37.3 Å². The zero-order valence-corrected chi connectivity index (χ0v) is 9.79. The number of anilines is 1. The summed E-state index contributed by atoms with van der Waals surface area (Å²) in [5, 5.41) is 3.25. The molecule has 0 aromatic heterocycles. The zero-order chi connectivity index (χ0) is 11.5. The van der Waals surface area contributed by atoms with Crippen LogP contribution < -0.4 is 5.32 Å². The number of benzene rings is 1. The Kier molecular flexibility index (Phi) is 3.44. The lowest BCUT2D eigenvalue weighted by Gasteiger charge is -2.19. The number of hydrogen-bond acceptors (Lipinski definition) is 2. The number of ether oxygens (including phenoxy) is 1. The van der Waals surface area contributed by atoms with Crippen molar-refractivity contribution >= 4 is 5.69 Å². The lowest BCUT2D eigenvalue weighted by Crippen LogP contribution is -2.27. The van der Waals surface area contributed by atoms with Crippen molar-refractivity contribution in [1.82, 2.24) is 0 Å². The highest BCUT2D eigenvalue weighted by molar-refractivity contribution is 5.48. The number of methoxy groups -OCH3 is 1. The van der Waals surface area contributed by atoms with Crippen molar-refractivity contribution in [2.45, 2.75) is 25.8 Å². The predicted molar refractivity (Wildman–Crippen MR) is 63.1 cm³/mol. The van der Waals surface area contributed by atoms with Crippen LogP contribution in [0.2, 0.25) is 0 Å². The van der Waals surface area contributed by atoms with Gasteiger partial charge in [-0.15, -0.1) is 0 Å². The molecule has 1 unspecified atom stereocenters. The summed E-state index contributed by atoms with van der Waals surface area (Å²) in [4.78, 5) is 0. The maximum Gasteiger partial charge on any atom is 0.149 e. The lowest BCUT2D eigenvalue weighted by molar-refractivity contribution is 0.179. The molecule has 1 atom stereocenters. The Balaban J connectivity index is 2.08. The second kappa shape index (κ2) is 4.83. The van der Waals surface area contributed by atoms with E-state index in [0.717, 1.165) is 0 Å². The van der Waals surface area contributed by atoms with Crippen LogP contribution in [0, 0.1) is 18.7 Å². The Morgan fingerprint density at radius 3 is 2.88 bits per heavy atom. The van der Waals surface area contributed by atoms with Crippen LogP contribution >= 0.6 is 0 Å². The molecule has 1 saturated carbocycles. The molecule has 3 heteroatoms. The minimum atomic E-state index is -0.149. The smallest absolute Gasteiger partial charge is 0.149 e. The molecule has 1 aliphatic rings. The van der Waals surface area contributed by atoms with E-state index in [-0.39, 0.29) is 11.9 Å². The van der Waals surface area contributed by atoms with Crippen molar-refractivity contribution in [3.8, 4) is 0 Å². The lowest BCUT2D eigenvalue weighted by atomic mass is 10.1. The van der Waals surface area contributed by atoms with Crippen molar-refractivity contribution in [2.75, 3.05) is 19.0 Å². The van der Waals surface area contributed by atoms with E-state index in [2.05, 4.69) is 5.32 Å². The Morgan fingerprint density at radius 2 is 2.25 bits per heavy atom. The standard InChI is InChI=1S/C13H18FNO/c1-9-4-3-5-11(13(9)14)15-12(8-16-2)10-6-7-10/h3-5,10,12,15H,6-8H2,1-2H3. The number of halogens is 1. The minimum Gasteiger partial charge on any atom is -0.383 e.